The first-order valence-electron chi connectivity index (χ1n) is 9.57. The quantitative estimate of drug-likeness (QED) is 0.200. The van der Waals surface area contributed by atoms with E-state index in [2.05, 4.69) is 55.2 Å². The molecule has 0 unspecified atom stereocenters. The molecule has 1 N–H and O–H groups in total. The maximum absolute atomic E-state index is 12.5. The van der Waals surface area contributed by atoms with Crippen LogP contribution in [0.4, 0.5) is 4.79 Å². The molecule has 2 aromatic carbocycles. The number of imide groups is 1. The molecule has 32 heavy (non-hydrogen) atoms. The van der Waals surface area contributed by atoms with Crippen LogP contribution in [-0.2, 0) is 20.9 Å². The third kappa shape index (κ3) is 5.91. The average Bonchev–Trinajstić information content (AvgIpc) is 3.01. The lowest BCUT2D eigenvalue weighted by molar-refractivity contribution is -0.143. The van der Waals surface area contributed by atoms with Crippen molar-refractivity contribution < 1.29 is 28.6 Å². The van der Waals surface area contributed by atoms with Crippen molar-refractivity contribution in [2.24, 2.45) is 0 Å². The van der Waals surface area contributed by atoms with E-state index >= 15 is 0 Å². The van der Waals surface area contributed by atoms with Gasteiger partial charge in [0.2, 0.25) is 0 Å². The zero-order valence-electron chi connectivity index (χ0n) is 17.3. The van der Waals surface area contributed by atoms with Crippen molar-refractivity contribution in [1.82, 2.24) is 10.2 Å². The Morgan fingerprint density at radius 3 is 2.50 bits per heavy atom. The Hall–Kier alpha value is -2.35. The molecule has 1 aliphatic rings. The number of carbonyl (C=O) groups excluding carboxylic acids is 3. The molecule has 168 valence electrons. The smallest absolute Gasteiger partial charge is 0.329 e. The second kappa shape index (κ2) is 11.0. The molecule has 1 heterocycles. The highest BCUT2D eigenvalue weighted by Crippen LogP contribution is 2.35. The molecule has 0 aliphatic carbocycles. The van der Waals surface area contributed by atoms with Crippen LogP contribution in [-0.4, -0.2) is 43.1 Å². The zero-order chi connectivity index (χ0) is 23.3. The molecular formula is C22H20I2N2O6. The molecule has 0 atom stereocenters. The average molecular weight is 662 g/mol. The molecule has 1 aliphatic heterocycles. The van der Waals surface area contributed by atoms with E-state index in [0.29, 0.717) is 30.3 Å². The van der Waals surface area contributed by atoms with Gasteiger partial charge in [-0.3, -0.25) is 9.59 Å². The second-order valence-corrected chi connectivity index (χ2v) is 9.04. The molecular weight excluding hydrogens is 642 g/mol. The second-order valence-electron chi connectivity index (χ2n) is 6.63. The normalized spacial score (nSPS) is 14.5. The highest BCUT2D eigenvalue weighted by Gasteiger charge is 2.35. The predicted octanol–water partition coefficient (Wildman–Crippen LogP) is 3.94. The van der Waals surface area contributed by atoms with Crippen LogP contribution in [0.2, 0.25) is 0 Å². The summed E-state index contributed by atoms with van der Waals surface area (Å²) >= 11 is 4.39. The van der Waals surface area contributed by atoms with Crippen LogP contribution in [0.25, 0.3) is 6.08 Å². The van der Waals surface area contributed by atoms with E-state index < -0.39 is 24.5 Å². The molecule has 0 radical (unpaired) electrons. The number of nitrogens with one attached hydrogen (secondary N) is 1. The Bertz CT molecular complexity index is 1070. The number of amides is 3. The van der Waals surface area contributed by atoms with Gasteiger partial charge >= 0.3 is 12.0 Å². The SMILES string of the molecule is CCOc1cc(/C=C2/NC(=O)N(CC(=O)OC)C2=O)cc(I)c1OCc1ccc(I)cc1. The van der Waals surface area contributed by atoms with E-state index in [4.69, 9.17) is 9.47 Å². The summed E-state index contributed by atoms with van der Waals surface area (Å²) in [5.41, 5.74) is 1.73. The van der Waals surface area contributed by atoms with E-state index in [0.717, 1.165) is 17.6 Å². The number of carbonyl (C=O) groups is 3. The number of hydrogen-bond acceptors (Lipinski definition) is 6. The maximum Gasteiger partial charge on any atom is 0.329 e. The zero-order valence-corrected chi connectivity index (χ0v) is 21.6. The van der Waals surface area contributed by atoms with E-state index in [1.165, 1.54) is 13.2 Å². The summed E-state index contributed by atoms with van der Waals surface area (Å²) in [5, 5.41) is 2.48. The molecule has 0 spiro atoms. The third-order valence-corrected chi connectivity index (χ3v) is 5.94. The Morgan fingerprint density at radius 1 is 1.12 bits per heavy atom. The van der Waals surface area contributed by atoms with Crippen LogP contribution >= 0.6 is 45.2 Å². The Labute approximate surface area is 212 Å². The van der Waals surface area contributed by atoms with Crippen molar-refractivity contribution in [3.8, 4) is 11.5 Å². The predicted molar refractivity (Wildman–Crippen MR) is 134 cm³/mol. The van der Waals surface area contributed by atoms with Crippen molar-refractivity contribution in [3.05, 3.63) is 60.4 Å². The monoisotopic (exact) mass is 662 g/mol. The van der Waals surface area contributed by atoms with Crippen LogP contribution < -0.4 is 14.8 Å². The fourth-order valence-electron chi connectivity index (χ4n) is 2.89. The molecule has 10 heteroatoms. The summed E-state index contributed by atoms with van der Waals surface area (Å²) in [6, 6.07) is 10.9. The van der Waals surface area contributed by atoms with Crippen molar-refractivity contribution >= 4 is 69.2 Å². The number of esters is 1. The standard InChI is InChI=1S/C22H20I2N2O6/c1-3-31-18-10-14(9-17-21(28)26(22(29)25-17)11-19(27)30-2)8-16(24)20(18)32-12-13-4-6-15(23)7-5-13/h4-10H,3,11-12H2,1-2H3,(H,25,29)/b17-9+. The summed E-state index contributed by atoms with van der Waals surface area (Å²) in [6.07, 6.45) is 1.53. The van der Waals surface area contributed by atoms with Crippen molar-refractivity contribution in [2.45, 2.75) is 13.5 Å². The van der Waals surface area contributed by atoms with Crippen molar-refractivity contribution in [3.63, 3.8) is 0 Å². The van der Waals surface area contributed by atoms with Crippen molar-refractivity contribution in [2.75, 3.05) is 20.3 Å². The summed E-state index contributed by atoms with van der Waals surface area (Å²) in [7, 11) is 1.19. The van der Waals surface area contributed by atoms with Gasteiger partial charge in [-0.2, -0.15) is 0 Å². The van der Waals surface area contributed by atoms with Gasteiger partial charge in [-0.25, -0.2) is 9.69 Å². The maximum atomic E-state index is 12.5. The molecule has 3 amide bonds. The number of rotatable bonds is 8. The lowest BCUT2D eigenvalue weighted by atomic mass is 10.1. The van der Waals surface area contributed by atoms with Gasteiger partial charge in [-0.1, -0.05) is 12.1 Å². The minimum atomic E-state index is -0.683. The fourth-order valence-corrected chi connectivity index (χ4v) is 4.03. The number of methoxy groups -OCH3 is 1. The first kappa shape index (κ1) is 24.3. The van der Waals surface area contributed by atoms with E-state index in [-0.39, 0.29) is 5.70 Å². The molecule has 1 saturated heterocycles. The number of halogens is 2. The molecule has 1 fully saturated rings. The van der Waals surface area contributed by atoms with Gasteiger partial charge in [0, 0.05) is 3.57 Å². The van der Waals surface area contributed by atoms with Crippen LogP contribution in [0.15, 0.2) is 42.1 Å². The minimum absolute atomic E-state index is 0.0599. The largest absolute Gasteiger partial charge is 0.490 e. The van der Waals surface area contributed by atoms with Gasteiger partial charge in [-0.15, -0.1) is 0 Å². The first-order chi connectivity index (χ1) is 15.3. The van der Waals surface area contributed by atoms with E-state index in [1.54, 1.807) is 6.07 Å². The molecule has 0 saturated carbocycles. The van der Waals surface area contributed by atoms with Gasteiger partial charge in [-0.05, 0) is 93.6 Å². The highest BCUT2D eigenvalue weighted by molar-refractivity contribution is 14.1. The van der Waals surface area contributed by atoms with Gasteiger partial charge in [0.1, 0.15) is 18.8 Å². The van der Waals surface area contributed by atoms with Gasteiger partial charge in [0.15, 0.2) is 11.5 Å². The number of ether oxygens (including phenoxy) is 3. The number of urea groups is 1. The Kier molecular flexibility index (Phi) is 8.34. The topological polar surface area (TPSA) is 94.2 Å². The number of hydrogen-bond donors (Lipinski definition) is 1. The van der Waals surface area contributed by atoms with Crippen LogP contribution in [0.5, 0.6) is 11.5 Å². The number of nitrogens with zero attached hydrogens (tertiary/aromatic N) is 1. The highest BCUT2D eigenvalue weighted by atomic mass is 127. The molecule has 8 nitrogen and oxygen atoms in total. The van der Waals surface area contributed by atoms with Gasteiger partial charge in [0.05, 0.1) is 17.3 Å². The summed E-state index contributed by atoms with van der Waals surface area (Å²) in [6.45, 7) is 2.22. The molecule has 2 aromatic rings. The lowest BCUT2D eigenvalue weighted by Gasteiger charge is -2.15. The summed E-state index contributed by atoms with van der Waals surface area (Å²) in [5.74, 6) is -0.160. The lowest BCUT2D eigenvalue weighted by Crippen LogP contribution is -2.36. The van der Waals surface area contributed by atoms with Crippen molar-refractivity contribution in [1.29, 1.82) is 0 Å². The Balaban J connectivity index is 1.83. The van der Waals surface area contributed by atoms with Crippen LogP contribution in [0.1, 0.15) is 18.1 Å². The molecule has 3 rings (SSSR count). The summed E-state index contributed by atoms with van der Waals surface area (Å²) in [4.78, 5) is 36.8. The minimum Gasteiger partial charge on any atom is -0.490 e. The van der Waals surface area contributed by atoms with E-state index in [9.17, 15) is 14.4 Å². The number of benzene rings is 2. The first-order valence-corrected chi connectivity index (χ1v) is 11.7. The third-order valence-electron chi connectivity index (χ3n) is 4.42. The van der Waals surface area contributed by atoms with Gasteiger partial charge in [0.25, 0.3) is 5.91 Å². The van der Waals surface area contributed by atoms with Gasteiger partial charge < -0.3 is 19.5 Å². The fraction of sp³-hybridized carbons (Fsp3) is 0.227. The molecule has 0 aromatic heterocycles. The molecule has 0 bridgehead atoms. The van der Waals surface area contributed by atoms with E-state index in [1.807, 2.05) is 37.3 Å². The Morgan fingerprint density at radius 2 is 1.84 bits per heavy atom. The van der Waals surface area contributed by atoms with Crippen LogP contribution in [0.3, 0.4) is 0 Å². The summed E-state index contributed by atoms with van der Waals surface area (Å²) < 4.78 is 18.3. The van der Waals surface area contributed by atoms with Crippen LogP contribution in [0, 0.1) is 7.14 Å².